The zero-order valence-corrected chi connectivity index (χ0v) is 10.8. The quantitative estimate of drug-likeness (QED) is 0.908. The molecule has 0 saturated heterocycles. The molecule has 2 aromatic rings. The number of nitrogens with zero attached hydrogens (tertiary/aromatic N) is 3. The molecular weight excluding hydrogens is 267 g/mol. The molecule has 3 rings (SSSR count). The van der Waals surface area contributed by atoms with Crippen molar-refractivity contribution in [1.29, 1.82) is 0 Å². The summed E-state index contributed by atoms with van der Waals surface area (Å²) < 4.78 is 17.0. The van der Waals surface area contributed by atoms with Gasteiger partial charge in [0, 0.05) is 23.6 Å². The Kier molecular flexibility index (Phi) is 2.90. The Bertz CT molecular complexity index is 642. The summed E-state index contributed by atoms with van der Waals surface area (Å²) in [4.78, 5) is 13.6. The third-order valence-corrected chi connectivity index (χ3v) is 3.73. The maximum Gasteiger partial charge on any atom is 0.227 e. The molecule has 0 saturated carbocycles. The minimum atomic E-state index is -0.289. The van der Waals surface area contributed by atoms with Crippen molar-refractivity contribution in [3.8, 4) is 0 Å². The molecule has 1 aliphatic heterocycles. The highest BCUT2D eigenvalue weighted by molar-refractivity contribution is 7.09. The predicted molar refractivity (Wildman–Crippen MR) is 70.2 cm³/mol. The second kappa shape index (κ2) is 4.58. The van der Waals surface area contributed by atoms with Gasteiger partial charge in [-0.1, -0.05) is 4.49 Å². The lowest BCUT2D eigenvalue weighted by molar-refractivity contribution is -0.119. The highest BCUT2D eigenvalue weighted by atomic mass is 32.1. The van der Waals surface area contributed by atoms with Gasteiger partial charge in [-0.15, -0.1) is 5.10 Å². The molecule has 7 heteroatoms. The molecule has 98 valence electrons. The Morgan fingerprint density at radius 1 is 1.42 bits per heavy atom. The van der Waals surface area contributed by atoms with Crippen LogP contribution >= 0.6 is 11.5 Å². The fraction of sp³-hybridized carbons (Fsp3) is 0.250. The monoisotopic (exact) mass is 278 g/mol. The van der Waals surface area contributed by atoms with Gasteiger partial charge >= 0.3 is 0 Å². The fourth-order valence-corrected chi connectivity index (χ4v) is 2.61. The number of hydrogen-bond donors (Lipinski definition) is 1. The zero-order valence-electron chi connectivity index (χ0n) is 9.97. The lowest BCUT2D eigenvalue weighted by Crippen LogP contribution is -2.34. The lowest BCUT2D eigenvalue weighted by atomic mass is 10.0. The Balaban J connectivity index is 1.97. The topological polar surface area (TPSA) is 72.1 Å². The van der Waals surface area contributed by atoms with Gasteiger partial charge in [0.05, 0.1) is 6.54 Å². The molecule has 5 nitrogen and oxygen atoms in total. The van der Waals surface area contributed by atoms with Crippen LogP contribution in [0.25, 0.3) is 0 Å². The van der Waals surface area contributed by atoms with Crippen LogP contribution in [-0.2, 0) is 17.8 Å². The number of anilines is 2. The normalized spacial score (nSPS) is 14.6. The van der Waals surface area contributed by atoms with E-state index < -0.39 is 0 Å². The van der Waals surface area contributed by atoms with Crippen molar-refractivity contribution < 1.29 is 9.18 Å². The number of aryl methyl sites for hydroxylation is 1. The SMILES string of the molecule is Nc1snnc1CN1C(=O)CCc2cc(F)ccc21. The van der Waals surface area contributed by atoms with Crippen LogP contribution in [0.5, 0.6) is 0 Å². The molecule has 0 radical (unpaired) electrons. The number of carbonyl (C=O) groups excluding carboxylic acids is 1. The molecule has 1 aromatic carbocycles. The van der Waals surface area contributed by atoms with E-state index in [0.717, 1.165) is 22.8 Å². The zero-order chi connectivity index (χ0) is 13.4. The van der Waals surface area contributed by atoms with Crippen LogP contribution in [0.3, 0.4) is 0 Å². The third kappa shape index (κ3) is 2.17. The van der Waals surface area contributed by atoms with E-state index >= 15 is 0 Å². The molecule has 2 N–H and O–H groups in total. The number of fused-ring (bicyclic) bond motifs is 1. The van der Waals surface area contributed by atoms with Crippen molar-refractivity contribution in [3.63, 3.8) is 0 Å². The lowest BCUT2D eigenvalue weighted by Gasteiger charge is -2.28. The first-order valence-electron chi connectivity index (χ1n) is 5.80. The Labute approximate surface area is 113 Å². The average Bonchev–Trinajstić information content (AvgIpc) is 2.78. The molecule has 2 heterocycles. The Hall–Kier alpha value is -2.02. The van der Waals surface area contributed by atoms with Gasteiger partial charge in [-0.25, -0.2) is 4.39 Å². The first-order valence-corrected chi connectivity index (χ1v) is 6.58. The number of nitrogen functional groups attached to an aromatic ring is 1. The molecule has 0 bridgehead atoms. The number of nitrogens with two attached hydrogens (primary N) is 1. The summed E-state index contributed by atoms with van der Waals surface area (Å²) in [5, 5.41) is 4.41. The summed E-state index contributed by atoms with van der Waals surface area (Å²) in [6.45, 7) is 0.278. The van der Waals surface area contributed by atoms with Crippen LogP contribution in [0, 0.1) is 5.82 Å². The van der Waals surface area contributed by atoms with Crippen LogP contribution in [0.4, 0.5) is 15.1 Å². The predicted octanol–water partition coefficient (Wildman–Crippen LogP) is 1.74. The summed E-state index contributed by atoms with van der Waals surface area (Å²) in [5.41, 5.74) is 7.88. The van der Waals surface area contributed by atoms with Gasteiger partial charge in [0.2, 0.25) is 5.91 Å². The van der Waals surface area contributed by atoms with E-state index in [1.165, 1.54) is 12.1 Å². The van der Waals surface area contributed by atoms with E-state index in [2.05, 4.69) is 9.59 Å². The van der Waals surface area contributed by atoms with Crippen molar-refractivity contribution in [1.82, 2.24) is 9.59 Å². The maximum atomic E-state index is 13.2. The molecule has 0 fully saturated rings. The largest absolute Gasteiger partial charge is 0.388 e. The van der Waals surface area contributed by atoms with Gasteiger partial charge in [0.25, 0.3) is 0 Å². The van der Waals surface area contributed by atoms with Gasteiger partial charge in [-0.2, -0.15) is 0 Å². The number of halogens is 1. The first kappa shape index (κ1) is 12.0. The number of benzene rings is 1. The van der Waals surface area contributed by atoms with Crippen molar-refractivity contribution in [2.45, 2.75) is 19.4 Å². The van der Waals surface area contributed by atoms with Crippen LogP contribution in [0.2, 0.25) is 0 Å². The van der Waals surface area contributed by atoms with E-state index in [0.29, 0.717) is 23.5 Å². The second-order valence-electron chi connectivity index (χ2n) is 4.34. The maximum absolute atomic E-state index is 13.2. The van der Waals surface area contributed by atoms with Crippen LogP contribution in [0.15, 0.2) is 18.2 Å². The van der Waals surface area contributed by atoms with Crippen molar-refractivity contribution >= 4 is 28.1 Å². The first-order chi connectivity index (χ1) is 9.15. The van der Waals surface area contributed by atoms with Gasteiger partial charge in [0.1, 0.15) is 16.5 Å². The molecule has 1 amide bonds. The summed E-state index contributed by atoms with van der Waals surface area (Å²) in [6, 6.07) is 4.45. The van der Waals surface area contributed by atoms with Crippen LogP contribution < -0.4 is 10.6 Å². The van der Waals surface area contributed by atoms with Gasteiger partial charge in [-0.3, -0.25) is 4.79 Å². The van der Waals surface area contributed by atoms with E-state index in [1.54, 1.807) is 11.0 Å². The van der Waals surface area contributed by atoms with Crippen molar-refractivity contribution in [3.05, 3.63) is 35.3 Å². The molecule has 0 aliphatic carbocycles. The minimum Gasteiger partial charge on any atom is -0.388 e. The molecule has 0 spiro atoms. The summed E-state index contributed by atoms with van der Waals surface area (Å²) in [5.74, 6) is -0.297. The fourth-order valence-electron chi connectivity index (χ4n) is 2.18. The molecule has 0 unspecified atom stereocenters. The molecule has 0 atom stereocenters. The van der Waals surface area contributed by atoms with E-state index in [9.17, 15) is 9.18 Å². The van der Waals surface area contributed by atoms with Gasteiger partial charge in [-0.05, 0) is 30.2 Å². The molecule has 19 heavy (non-hydrogen) atoms. The van der Waals surface area contributed by atoms with Crippen molar-refractivity contribution in [2.24, 2.45) is 0 Å². The Morgan fingerprint density at radius 3 is 3.00 bits per heavy atom. The summed E-state index contributed by atoms with van der Waals surface area (Å²) >= 11 is 1.10. The molecule has 1 aromatic heterocycles. The third-order valence-electron chi connectivity index (χ3n) is 3.13. The van der Waals surface area contributed by atoms with Crippen LogP contribution in [-0.4, -0.2) is 15.5 Å². The van der Waals surface area contributed by atoms with E-state index in [4.69, 9.17) is 5.73 Å². The average molecular weight is 278 g/mol. The standard InChI is InChI=1S/C12H11FN4OS/c13-8-2-3-10-7(5-8)1-4-11(18)17(10)6-9-12(14)19-16-15-9/h2-3,5H,1,4,6,14H2. The Morgan fingerprint density at radius 2 is 2.26 bits per heavy atom. The highest BCUT2D eigenvalue weighted by Gasteiger charge is 2.25. The summed E-state index contributed by atoms with van der Waals surface area (Å²) in [6.07, 6.45) is 0.932. The minimum absolute atomic E-state index is 0.00786. The van der Waals surface area contributed by atoms with E-state index in [-0.39, 0.29) is 18.3 Å². The number of amides is 1. The summed E-state index contributed by atoms with van der Waals surface area (Å²) in [7, 11) is 0. The second-order valence-corrected chi connectivity index (χ2v) is 5.12. The molecular formula is C12H11FN4OS. The number of hydrogen-bond acceptors (Lipinski definition) is 5. The van der Waals surface area contributed by atoms with E-state index in [1.807, 2.05) is 0 Å². The van der Waals surface area contributed by atoms with Crippen LogP contribution in [0.1, 0.15) is 17.7 Å². The number of rotatable bonds is 2. The smallest absolute Gasteiger partial charge is 0.227 e. The van der Waals surface area contributed by atoms with Gasteiger partial charge in [0.15, 0.2) is 0 Å². The molecule has 1 aliphatic rings. The number of aromatic nitrogens is 2. The van der Waals surface area contributed by atoms with Crippen molar-refractivity contribution in [2.75, 3.05) is 10.6 Å². The highest BCUT2D eigenvalue weighted by Crippen LogP contribution is 2.30. The van der Waals surface area contributed by atoms with Gasteiger partial charge < -0.3 is 10.6 Å². The number of carbonyl (C=O) groups is 1.